The molecule has 0 saturated heterocycles. The van der Waals surface area contributed by atoms with Crippen molar-refractivity contribution in [3.05, 3.63) is 28.8 Å². The minimum Gasteiger partial charge on any atom is -0.352 e. The predicted molar refractivity (Wildman–Crippen MR) is 85.6 cm³/mol. The summed E-state index contributed by atoms with van der Waals surface area (Å²) >= 11 is 11.4. The molecule has 1 aromatic rings. The number of thioether (sulfide) groups is 1. The molecule has 2 nitrogen and oxygen atoms in total. The third kappa shape index (κ3) is 3.89. The molecule has 0 spiro atoms. The highest BCUT2D eigenvalue weighted by Crippen LogP contribution is 2.31. The van der Waals surface area contributed by atoms with Gasteiger partial charge in [-0.2, -0.15) is 0 Å². The first kappa shape index (κ1) is 15.2. The van der Waals surface area contributed by atoms with E-state index < -0.39 is 0 Å². The SMILES string of the molecule is CSc1ccc(Cl)c(C(=O)NCC2CCCC2Br)c1. The smallest absolute Gasteiger partial charge is 0.252 e. The Kier molecular flexibility index (Phi) is 5.60. The number of amides is 1. The first-order chi connectivity index (χ1) is 9.11. The number of nitrogens with one attached hydrogen (secondary N) is 1. The van der Waals surface area contributed by atoms with Crippen molar-refractivity contribution < 1.29 is 4.79 Å². The van der Waals surface area contributed by atoms with E-state index in [1.807, 2.05) is 18.4 Å². The summed E-state index contributed by atoms with van der Waals surface area (Å²) in [4.78, 5) is 13.8. The van der Waals surface area contributed by atoms with Gasteiger partial charge in [-0.3, -0.25) is 4.79 Å². The molecule has 1 aliphatic carbocycles. The maximum atomic E-state index is 12.2. The number of alkyl halides is 1. The van der Waals surface area contributed by atoms with Crippen molar-refractivity contribution in [2.75, 3.05) is 12.8 Å². The maximum absolute atomic E-state index is 12.2. The Morgan fingerprint density at radius 1 is 1.53 bits per heavy atom. The molecule has 0 radical (unpaired) electrons. The molecule has 0 heterocycles. The first-order valence-corrected chi connectivity index (χ1v) is 8.89. The van der Waals surface area contributed by atoms with Gasteiger partial charge in [-0.25, -0.2) is 0 Å². The molecule has 1 aliphatic rings. The molecule has 0 aliphatic heterocycles. The Balaban J connectivity index is 1.99. The first-order valence-electron chi connectivity index (χ1n) is 6.37. The zero-order chi connectivity index (χ0) is 13.8. The second-order valence-electron chi connectivity index (χ2n) is 4.76. The lowest BCUT2D eigenvalue weighted by atomic mass is 10.1. The van der Waals surface area contributed by atoms with Gasteiger partial charge in [0.05, 0.1) is 10.6 Å². The van der Waals surface area contributed by atoms with Gasteiger partial charge in [-0.1, -0.05) is 34.0 Å². The predicted octanol–water partition coefficient (Wildman–Crippen LogP) is 4.36. The van der Waals surface area contributed by atoms with Crippen LogP contribution in [0.4, 0.5) is 0 Å². The molecular formula is C14H17BrClNOS. The molecule has 0 bridgehead atoms. The number of halogens is 2. The van der Waals surface area contributed by atoms with Crippen molar-refractivity contribution in [2.45, 2.75) is 29.0 Å². The highest BCUT2D eigenvalue weighted by molar-refractivity contribution is 9.09. The largest absolute Gasteiger partial charge is 0.352 e. The van der Waals surface area contributed by atoms with Crippen LogP contribution in [0.15, 0.2) is 23.1 Å². The normalized spacial score (nSPS) is 22.5. The minimum absolute atomic E-state index is 0.0764. The van der Waals surface area contributed by atoms with Gasteiger partial charge in [0.1, 0.15) is 0 Å². The topological polar surface area (TPSA) is 29.1 Å². The summed E-state index contributed by atoms with van der Waals surface area (Å²) in [5.41, 5.74) is 0.567. The van der Waals surface area contributed by atoms with Crippen LogP contribution in [0, 0.1) is 5.92 Å². The molecule has 104 valence electrons. The summed E-state index contributed by atoms with van der Waals surface area (Å²) in [5.74, 6) is 0.457. The average molecular weight is 363 g/mol. The molecule has 2 unspecified atom stereocenters. The summed E-state index contributed by atoms with van der Waals surface area (Å²) in [5, 5.41) is 3.51. The molecule has 1 saturated carbocycles. The fraction of sp³-hybridized carbons (Fsp3) is 0.500. The Morgan fingerprint density at radius 3 is 2.95 bits per heavy atom. The average Bonchev–Trinajstić information content (AvgIpc) is 2.82. The lowest BCUT2D eigenvalue weighted by molar-refractivity contribution is 0.0948. The minimum atomic E-state index is -0.0764. The van der Waals surface area contributed by atoms with E-state index in [1.54, 1.807) is 17.8 Å². The van der Waals surface area contributed by atoms with Gasteiger partial charge >= 0.3 is 0 Å². The van der Waals surface area contributed by atoms with E-state index in [1.165, 1.54) is 19.3 Å². The van der Waals surface area contributed by atoms with Gasteiger partial charge in [-0.05, 0) is 43.2 Å². The van der Waals surface area contributed by atoms with E-state index in [4.69, 9.17) is 11.6 Å². The van der Waals surface area contributed by atoms with E-state index in [-0.39, 0.29) is 5.91 Å². The van der Waals surface area contributed by atoms with Gasteiger partial charge in [0.15, 0.2) is 0 Å². The Morgan fingerprint density at radius 2 is 2.32 bits per heavy atom. The number of hydrogen-bond acceptors (Lipinski definition) is 2. The molecule has 1 amide bonds. The standard InChI is InChI=1S/C14H17BrClNOS/c1-19-10-5-6-13(16)11(7-10)14(18)17-8-9-3-2-4-12(9)15/h5-7,9,12H,2-4,8H2,1H3,(H,17,18). The number of carbonyl (C=O) groups excluding carboxylic acids is 1. The monoisotopic (exact) mass is 361 g/mol. The van der Waals surface area contributed by atoms with Crippen LogP contribution in [0.5, 0.6) is 0 Å². The summed E-state index contributed by atoms with van der Waals surface area (Å²) in [6.07, 6.45) is 5.59. The summed E-state index contributed by atoms with van der Waals surface area (Å²) < 4.78 is 0. The highest BCUT2D eigenvalue weighted by atomic mass is 79.9. The van der Waals surface area contributed by atoms with Crippen molar-refractivity contribution in [2.24, 2.45) is 5.92 Å². The summed E-state index contributed by atoms with van der Waals surface area (Å²) in [6.45, 7) is 0.717. The highest BCUT2D eigenvalue weighted by Gasteiger charge is 2.25. The third-order valence-corrected chi connectivity index (χ3v) is 5.77. The molecule has 1 aromatic carbocycles. The Labute approximate surface area is 131 Å². The molecule has 1 fully saturated rings. The Hall–Kier alpha value is -0.190. The molecule has 1 N–H and O–H groups in total. The van der Waals surface area contributed by atoms with Gasteiger partial charge in [0, 0.05) is 16.3 Å². The van der Waals surface area contributed by atoms with Crippen molar-refractivity contribution in [1.29, 1.82) is 0 Å². The van der Waals surface area contributed by atoms with Crippen molar-refractivity contribution in [3.8, 4) is 0 Å². The summed E-state index contributed by atoms with van der Waals surface area (Å²) in [7, 11) is 0. The van der Waals surface area contributed by atoms with Crippen LogP contribution < -0.4 is 5.32 Å². The van der Waals surface area contributed by atoms with Crippen LogP contribution in [0.1, 0.15) is 29.6 Å². The molecular weight excluding hydrogens is 346 g/mol. The quantitative estimate of drug-likeness (QED) is 0.637. The fourth-order valence-electron chi connectivity index (χ4n) is 2.35. The molecule has 0 aromatic heterocycles. The lowest BCUT2D eigenvalue weighted by Gasteiger charge is -2.15. The van der Waals surface area contributed by atoms with E-state index in [9.17, 15) is 4.79 Å². The summed E-state index contributed by atoms with van der Waals surface area (Å²) in [6, 6.07) is 5.56. The Bertz CT molecular complexity index is 469. The molecule has 2 atom stereocenters. The van der Waals surface area contributed by atoms with Crippen LogP contribution in [0.3, 0.4) is 0 Å². The second kappa shape index (κ2) is 7.00. The lowest BCUT2D eigenvalue weighted by Crippen LogP contribution is -2.31. The van der Waals surface area contributed by atoms with Gasteiger partial charge in [0.25, 0.3) is 5.91 Å². The van der Waals surface area contributed by atoms with E-state index in [0.717, 1.165) is 4.90 Å². The number of benzene rings is 1. The molecule has 2 rings (SSSR count). The second-order valence-corrected chi connectivity index (χ2v) is 7.23. The van der Waals surface area contributed by atoms with E-state index in [0.29, 0.717) is 27.9 Å². The number of rotatable bonds is 4. The number of hydrogen-bond donors (Lipinski definition) is 1. The van der Waals surface area contributed by atoms with Crippen LogP contribution in [-0.4, -0.2) is 23.5 Å². The van der Waals surface area contributed by atoms with Crippen LogP contribution in [-0.2, 0) is 0 Å². The molecule has 5 heteroatoms. The van der Waals surface area contributed by atoms with Crippen LogP contribution in [0.2, 0.25) is 5.02 Å². The zero-order valence-corrected chi connectivity index (χ0v) is 13.9. The third-order valence-electron chi connectivity index (χ3n) is 3.51. The van der Waals surface area contributed by atoms with Crippen LogP contribution in [0.25, 0.3) is 0 Å². The molecule has 19 heavy (non-hydrogen) atoms. The van der Waals surface area contributed by atoms with E-state index in [2.05, 4.69) is 21.2 Å². The van der Waals surface area contributed by atoms with E-state index >= 15 is 0 Å². The van der Waals surface area contributed by atoms with Crippen molar-refractivity contribution in [1.82, 2.24) is 5.32 Å². The van der Waals surface area contributed by atoms with Gasteiger partial charge < -0.3 is 5.32 Å². The van der Waals surface area contributed by atoms with Crippen LogP contribution >= 0.6 is 39.3 Å². The number of carbonyl (C=O) groups is 1. The maximum Gasteiger partial charge on any atom is 0.252 e. The van der Waals surface area contributed by atoms with Gasteiger partial charge in [0.2, 0.25) is 0 Å². The van der Waals surface area contributed by atoms with Gasteiger partial charge in [-0.15, -0.1) is 11.8 Å². The zero-order valence-electron chi connectivity index (χ0n) is 10.8. The van der Waals surface area contributed by atoms with Crippen molar-refractivity contribution >= 4 is 45.2 Å². The van der Waals surface area contributed by atoms with Crippen molar-refractivity contribution in [3.63, 3.8) is 0 Å². The fourth-order valence-corrected chi connectivity index (χ4v) is 3.76.